The van der Waals surface area contributed by atoms with Crippen LogP contribution in [0.2, 0.25) is 0 Å². The van der Waals surface area contributed by atoms with Gasteiger partial charge in [-0.2, -0.15) is 0 Å². The van der Waals surface area contributed by atoms with Crippen molar-refractivity contribution in [2.45, 2.75) is 32.1 Å². The van der Waals surface area contributed by atoms with Crippen LogP contribution in [0.4, 0.5) is 5.69 Å². The van der Waals surface area contributed by atoms with E-state index in [1.165, 1.54) is 0 Å². The van der Waals surface area contributed by atoms with Gasteiger partial charge < -0.3 is 25.2 Å². The van der Waals surface area contributed by atoms with Crippen LogP contribution in [0.3, 0.4) is 0 Å². The summed E-state index contributed by atoms with van der Waals surface area (Å²) in [5.41, 5.74) is 4.56. The van der Waals surface area contributed by atoms with Gasteiger partial charge in [-0.3, -0.25) is 14.4 Å². The number of carboxylic acid groups (broad SMARTS) is 1. The van der Waals surface area contributed by atoms with Gasteiger partial charge in [0, 0.05) is 31.4 Å². The molecule has 9 heteroatoms. The molecule has 37 heavy (non-hydrogen) atoms. The summed E-state index contributed by atoms with van der Waals surface area (Å²) in [4.78, 5) is 49.0. The monoisotopic (exact) mass is 497 g/mol. The minimum atomic E-state index is -1.06. The van der Waals surface area contributed by atoms with E-state index in [0.29, 0.717) is 30.2 Å². The van der Waals surface area contributed by atoms with Crippen LogP contribution in [-0.2, 0) is 29.2 Å². The van der Waals surface area contributed by atoms with E-state index in [4.69, 9.17) is 0 Å². The summed E-state index contributed by atoms with van der Waals surface area (Å²) >= 11 is 0. The molecule has 0 aliphatic carbocycles. The molecule has 4 aromatic rings. The zero-order chi connectivity index (χ0) is 25.9. The molecular formula is C28H27N5O4. The van der Waals surface area contributed by atoms with Crippen LogP contribution in [-0.4, -0.2) is 55.7 Å². The number of benzene rings is 3. The molecule has 0 bridgehead atoms. The molecular weight excluding hydrogens is 470 g/mol. The molecule has 1 aliphatic heterocycles. The van der Waals surface area contributed by atoms with Gasteiger partial charge in [0.25, 0.3) is 5.91 Å². The molecule has 0 radical (unpaired) electrons. The van der Waals surface area contributed by atoms with Gasteiger partial charge in [0.05, 0.1) is 24.0 Å². The lowest BCUT2D eigenvalue weighted by atomic mass is 10.1. The van der Waals surface area contributed by atoms with Crippen molar-refractivity contribution in [2.24, 2.45) is 0 Å². The van der Waals surface area contributed by atoms with Gasteiger partial charge in [-0.1, -0.05) is 42.5 Å². The Morgan fingerprint density at radius 1 is 1.08 bits per heavy atom. The highest BCUT2D eigenvalue weighted by molar-refractivity contribution is 5.95. The zero-order valence-corrected chi connectivity index (χ0v) is 20.3. The van der Waals surface area contributed by atoms with Crippen LogP contribution in [0.25, 0.3) is 11.0 Å². The third kappa shape index (κ3) is 5.30. The first-order chi connectivity index (χ1) is 17.9. The van der Waals surface area contributed by atoms with Gasteiger partial charge in [0.1, 0.15) is 11.9 Å². The predicted molar refractivity (Wildman–Crippen MR) is 139 cm³/mol. The third-order valence-electron chi connectivity index (χ3n) is 6.42. The van der Waals surface area contributed by atoms with E-state index in [1.807, 2.05) is 54.6 Å². The smallest absolute Gasteiger partial charge is 0.305 e. The minimum Gasteiger partial charge on any atom is -0.481 e. The minimum absolute atomic E-state index is 0.185. The fraction of sp³-hybridized carbons (Fsp3) is 0.214. The third-order valence-corrected chi connectivity index (χ3v) is 6.42. The Labute approximate surface area is 213 Å². The van der Waals surface area contributed by atoms with Crippen LogP contribution in [0.15, 0.2) is 72.8 Å². The maximum absolute atomic E-state index is 13.3. The lowest BCUT2D eigenvalue weighted by molar-refractivity contribution is -0.141. The SMILES string of the molecule is CN(Cc1nc2ccccc2[nH]1)C(=O)c1ccc2c(c1)CN(Cc1ccccc1)C(=O)[C@H](CC(=O)O)N2. The van der Waals surface area contributed by atoms with Gasteiger partial charge in [0.2, 0.25) is 5.91 Å². The standard InChI is InChI=1S/C28H27N5O4/c1-32(17-25-30-22-9-5-6-10-23(22)31-25)27(36)19-11-12-21-20(13-19)16-33(15-18-7-3-2-4-8-18)28(37)24(29-21)14-26(34)35/h2-13,24,29H,14-17H2,1H3,(H,30,31)(H,34,35)/t24-/m0/s1. The molecule has 1 atom stereocenters. The molecule has 1 aromatic heterocycles. The quantitative estimate of drug-likeness (QED) is 0.359. The van der Waals surface area contributed by atoms with Crippen molar-refractivity contribution in [1.82, 2.24) is 19.8 Å². The Kier molecular flexibility index (Phi) is 6.59. The Morgan fingerprint density at radius 2 is 1.84 bits per heavy atom. The highest BCUT2D eigenvalue weighted by Crippen LogP contribution is 2.27. The number of carboxylic acids is 1. The van der Waals surface area contributed by atoms with Crippen molar-refractivity contribution in [2.75, 3.05) is 12.4 Å². The van der Waals surface area contributed by atoms with E-state index in [1.54, 1.807) is 35.0 Å². The Balaban J connectivity index is 1.39. The number of para-hydroxylation sites is 2. The van der Waals surface area contributed by atoms with E-state index in [0.717, 1.165) is 22.2 Å². The van der Waals surface area contributed by atoms with Crippen LogP contribution in [0, 0.1) is 0 Å². The summed E-state index contributed by atoms with van der Waals surface area (Å²) in [6, 6.07) is 21.5. The fourth-order valence-corrected chi connectivity index (χ4v) is 4.60. The molecule has 1 aliphatic rings. The topological polar surface area (TPSA) is 119 Å². The Bertz CT molecular complexity index is 1430. The number of aromatic amines is 1. The summed E-state index contributed by atoms with van der Waals surface area (Å²) in [5.74, 6) is -0.856. The largest absolute Gasteiger partial charge is 0.481 e. The number of fused-ring (bicyclic) bond motifs is 2. The number of carbonyl (C=O) groups is 3. The maximum atomic E-state index is 13.3. The van der Waals surface area contributed by atoms with Crippen LogP contribution >= 0.6 is 0 Å². The first kappa shape index (κ1) is 24.1. The number of rotatable bonds is 7. The molecule has 0 fully saturated rings. The molecule has 2 heterocycles. The van der Waals surface area contributed by atoms with Crippen LogP contribution in [0.5, 0.6) is 0 Å². The number of H-pyrrole nitrogens is 1. The first-order valence-corrected chi connectivity index (χ1v) is 12.0. The molecule has 0 unspecified atom stereocenters. The summed E-state index contributed by atoms with van der Waals surface area (Å²) in [5, 5.41) is 12.5. The van der Waals surface area contributed by atoms with E-state index >= 15 is 0 Å². The number of carbonyl (C=O) groups excluding carboxylic acids is 2. The maximum Gasteiger partial charge on any atom is 0.305 e. The van der Waals surface area contributed by atoms with Crippen LogP contribution < -0.4 is 5.32 Å². The lowest BCUT2D eigenvalue weighted by Crippen LogP contribution is -2.41. The fourth-order valence-electron chi connectivity index (χ4n) is 4.60. The number of aliphatic carboxylic acids is 1. The number of nitrogens with zero attached hydrogens (tertiary/aromatic N) is 3. The molecule has 3 aromatic carbocycles. The van der Waals surface area contributed by atoms with Gasteiger partial charge in [0.15, 0.2) is 0 Å². The molecule has 0 saturated heterocycles. The summed E-state index contributed by atoms with van der Waals surface area (Å²) in [7, 11) is 1.72. The van der Waals surface area contributed by atoms with E-state index < -0.39 is 12.0 Å². The van der Waals surface area contributed by atoms with Crippen molar-refractivity contribution in [1.29, 1.82) is 0 Å². The number of hydrogen-bond acceptors (Lipinski definition) is 5. The summed E-state index contributed by atoms with van der Waals surface area (Å²) in [6.07, 6.45) is -0.343. The number of imidazole rings is 1. The number of aromatic nitrogens is 2. The predicted octanol–water partition coefficient (Wildman–Crippen LogP) is 3.63. The average Bonchev–Trinajstić information content (AvgIpc) is 3.25. The molecule has 3 N–H and O–H groups in total. The number of nitrogens with one attached hydrogen (secondary N) is 2. The van der Waals surface area contributed by atoms with Crippen molar-refractivity contribution in [3.8, 4) is 0 Å². The molecule has 0 saturated carbocycles. The average molecular weight is 498 g/mol. The van der Waals surface area contributed by atoms with E-state index in [2.05, 4.69) is 15.3 Å². The normalized spacial score (nSPS) is 15.1. The van der Waals surface area contributed by atoms with E-state index in [-0.39, 0.29) is 24.8 Å². The lowest BCUT2D eigenvalue weighted by Gasteiger charge is -2.24. The molecule has 0 spiro atoms. The van der Waals surface area contributed by atoms with Gasteiger partial charge >= 0.3 is 5.97 Å². The number of anilines is 1. The Hall–Kier alpha value is -4.66. The second-order valence-electron chi connectivity index (χ2n) is 9.21. The van der Waals surface area contributed by atoms with Crippen molar-refractivity contribution in [3.63, 3.8) is 0 Å². The van der Waals surface area contributed by atoms with Crippen LogP contribution in [0.1, 0.15) is 33.7 Å². The second kappa shape index (κ2) is 10.1. The summed E-state index contributed by atoms with van der Waals surface area (Å²) < 4.78 is 0. The van der Waals surface area contributed by atoms with Gasteiger partial charge in [-0.15, -0.1) is 0 Å². The summed E-state index contributed by atoms with van der Waals surface area (Å²) in [6.45, 7) is 0.893. The molecule has 2 amide bonds. The van der Waals surface area contributed by atoms with Gasteiger partial charge in [-0.05, 0) is 41.5 Å². The van der Waals surface area contributed by atoms with Crippen molar-refractivity contribution < 1.29 is 19.5 Å². The Morgan fingerprint density at radius 3 is 2.59 bits per heavy atom. The highest BCUT2D eigenvalue weighted by atomic mass is 16.4. The van der Waals surface area contributed by atoms with Crippen molar-refractivity contribution >= 4 is 34.5 Å². The second-order valence-corrected chi connectivity index (χ2v) is 9.21. The van der Waals surface area contributed by atoms with Crippen molar-refractivity contribution in [3.05, 3.63) is 95.3 Å². The number of hydrogen-bond donors (Lipinski definition) is 3. The number of amides is 2. The van der Waals surface area contributed by atoms with Gasteiger partial charge in [-0.25, -0.2) is 4.98 Å². The molecule has 9 nitrogen and oxygen atoms in total. The molecule has 188 valence electrons. The highest BCUT2D eigenvalue weighted by Gasteiger charge is 2.31. The van der Waals surface area contributed by atoms with E-state index in [9.17, 15) is 19.5 Å². The zero-order valence-electron chi connectivity index (χ0n) is 20.3. The molecule has 5 rings (SSSR count). The first-order valence-electron chi connectivity index (χ1n) is 12.0.